The summed E-state index contributed by atoms with van der Waals surface area (Å²) in [4.78, 5) is 18.3. The van der Waals surface area contributed by atoms with E-state index in [1.807, 2.05) is 30.3 Å². The van der Waals surface area contributed by atoms with Crippen LogP contribution in [0.15, 0.2) is 61.1 Å². The standard InChI is InChI=1S/C34H37Cl2F2N7O3/c1-19-11-12-20(43-19)13-39-14-27-32(47-3)44-25(16-41-27)23-9-5-7-21(30(23)35)22-8-6-10-24(31(22)36)26-17-42-28(33(45-26)48-4)15-40-18-29(46)34(2,37)38/h5-10,16-17,20,29,39-40,43,46H,1,11-15,18H2,2-4H3/t20-,29?/m0/s1. The van der Waals surface area contributed by atoms with Gasteiger partial charge in [0.1, 0.15) is 17.5 Å². The lowest BCUT2D eigenvalue weighted by Crippen LogP contribution is -2.39. The van der Waals surface area contributed by atoms with Crippen LogP contribution in [-0.2, 0) is 13.1 Å². The van der Waals surface area contributed by atoms with Gasteiger partial charge in [0.05, 0.1) is 48.0 Å². The summed E-state index contributed by atoms with van der Waals surface area (Å²) in [6.07, 6.45) is 3.37. The Labute approximate surface area is 288 Å². The Kier molecular flexibility index (Phi) is 11.4. The zero-order valence-corrected chi connectivity index (χ0v) is 28.3. The van der Waals surface area contributed by atoms with Gasteiger partial charge in [-0.1, -0.05) is 66.2 Å². The van der Waals surface area contributed by atoms with Crippen LogP contribution in [0.5, 0.6) is 11.8 Å². The molecule has 1 fully saturated rings. The minimum atomic E-state index is -3.23. The van der Waals surface area contributed by atoms with Crippen molar-refractivity contribution >= 4 is 23.2 Å². The highest BCUT2D eigenvalue weighted by atomic mass is 35.5. The lowest BCUT2D eigenvalue weighted by Gasteiger charge is -2.18. The molecule has 0 saturated carbocycles. The Bertz CT molecular complexity index is 1770. The maximum Gasteiger partial charge on any atom is 0.271 e. The number of alkyl halides is 2. The molecule has 1 aliphatic heterocycles. The smallest absolute Gasteiger partial charge is 0.271 e. The van der Waals surface area contributed by atoms with Gasteiger partial charge in [0.25, 0.3) is 5.92 Å². The number of hydrogen-bond acceptors (Lipinski definition) is 10. The van der Waals surface area contributed by atoms with Gasteiger partial charge in [0, 0.05) is 67.1 Å². The van der Waals surface area contributed by atoms with Crippen LogP contribution in [0.1, 0.15) is 31.2 Å². The summed E-state index contributed by atoms with van der Waals surface area (Å²) in [5.74, 6) is -2.65. The Balaban J connectivity index is 1.36. The minimum Gasteiger partial charge on any atom is -0.480 e. The molecule has 0 amide bonds. The zero-order chi connectivity index (χ0) is 34.4. The van der Waals surface area contributed by atoms with Crippen molar-refractivity contribution in [3.05, 3.63) is 82.5 Å². The number of methoxy groups -OCH3 is 2. The molecule has 5 rings (SSSR count). The minimum absolute atomic E-state index is 0.0549. The number of nitrogens with one attached hydrogen (secondary N) is 3. The molecule has 0 spiro atoms. The fourth-order valence-electron chi connectivity index (χ4n) is 5.30. The molecule has 4 N–H and O–H groups in total. The molecule has 0 radical (unpaired) electrons. The number of halogens is 4. The van der Waals surface area contributed by atoms with Crippen molar-refractivity contribution in [2.75, 3.05) is 27.3 Å². The number of benzene rings is 2. The molecule has 2 aromatic heterocycles. The fraction of sp³-hybridized carbons (Fsp3) is 0.353. The first kappa shape index (κ1) is 35.4. The van der Waals surface area contributed by atoms with Crippen molar-refractivity contribution in [1.29, 1.82) is 0 Å². The highest BCUT2D eigenvalue weighted by Crippen LogP contribution is 2.42. The van der Waals surface area contributed by atoms with E-state index in [4.69, 9.17) is 37.7 Å². The number of aliphatic hydroxyl groups is 1. The van der Waals surface area contributed by atoms with E-state index in [-0.39, 0.29) is 19.0 Å². The summed E-state index contributed by atoms with van der Waals surface area (Å²) >= 11 is 14.0. The zero-order valence-electron chi connectivity index (χ0n) is 26.8. The molecule has 4 aromatic rings. The molecule has 3 heterocycles. The second kappa shape index (κ2) is 15.5. The van der Waals surface area contributed by atoms with E-state index in [2.05, 4.69) is 37.5 Å². The molecule has 2 atom stereocenters. The average Bonchev–Trinajstić information content (AvgIpc) is 3.49. The van der Waals surface area contributed by atoms with E-state index in [9.17, 15) is 13.9 Å². The second-order valence-electron chi connectivity index (χ2n) is 11.5. The van der Waals surface area contributed by atoms with Crippen LogP contribution in [0.4, 0.5) is 8.78 Å². The lowest BCUT2D eigenvalue weighted by molar-refractivity contribution is -0.0912. The summed E-state index contributed by atoms with van der Waals surface area (Å²) in [5, 5.41) is 20.0. The summed E-state index contributed by atoms with van der Waals surface area (Å²) in [5.41, 5.74) is 5.66. The van der Waals surface area contributed by atoms with Crippen LogP contribution in [0.2, 0.25) is 10.0 Å². The molecule has 14 heteroatoms. The van der Waals surface area contributed by atoms with Crippen LogP contribution in [-0.4, -0.2) is 70.4 Å². The number of nitrogens with zero attached hydrogens (tertiary/aromatic N) is 4. The molecule has 254 valence electrons. The summed E-state index contributed by atoms with van der Waals surface area (Å²) in [6, 6.07) is 11.4. The van der Waals surface area contributed by atoms with E-state index in [1.165, 1.54) is 13.3 Å². The van der Waals surface area contributed by atoms with Crippen molar-refractivity contribution < 1.29 is 23.4 Å². The molecule has 1 unspecified atom stereocenters. The molecular weight excluding hydrogens is 663 g/mol. The number of rotatable bonds is 14. The van der Waals surface area contributed by atoms with Gasteiger partial charge in [-0.05, 0) is 12.8 Å². The van der Waals surface area contributed by atoms with Crippen LogP contribution >= 0.6 is 23.2 Å². The number of aromatic nitrogens is 4. The van der Waals surface area contributed by atoms with E-state index in [0.29, 0.717) is 80.5 Å². The van der Waals surface area contributed by atoms with Gasteiger partial charge < -0.3 is 30.5 Å². The van der Waals surface area contributed by atoms with Gasteiger partial charge in [0.2, 0.25) is 11.8 Å². The van der Waals surface area contributed by atoms with Crippen molar-refractivity contribution in [3.63, 3.8) is 0 Å². The lowest BCUT2D eigenvalue weighted by atomic mass is 9.98. The number of ether oxygens (including phenoxy) is 2. The van der Waals surface area contributed by atoms with Crippen LogP contribution in [0.25, 0.3) is 33.6 Å². The van der Waals surface area contributed by atoms with Gasteiger partial charge >= 0.3 is 0 Å². The third kappa shape index (κ3) is 8.19. The van der Waals surface area contributed by atoms with Crippen LogP contribution in [0.3, 0.4) is 0 Å². The molecule has 48 heavy (non-hydrogen) atoms. The maximum atomic E-state index is 13.3. The monoisotopic (exact) mass is 699 g/mol. The highest BCUT2D eigenvalue weighted by Gasteiger charge is 2.32. The Morgan fingerprint density at radius 2 is 1.42 bits per heavy atom. The van der Waals surface area contributed by atoms with Crippen LogP contribution in [0, 0.1) is 0 Å². The van der Waals surface area contributed by atoms with Gasteiger partial charge in [-0.2, -0.15) is 0 Å². The first-order valence-electron chi connectivity index (χ1n) is 15.3. The summed E-state index contributed by atoms with van der Waals surface area (Å²) in [7, 11) is 2.99. The quantitative estimate of drug-likeness (QED) is 0.124. The molecular formula is C34H37Cl2F2N7O3. The van der Waals surface area contributed by atoms with Gasteiger partial charge in [0.15, 0.2) is 0 Å². The van der Waals surface area contributed by atoms with Crippen molar-refractivity contribution in [1.82, 2.24) is 35.9 Å². The first-order chi connectivity index (χ1) is 23.0. The Morgan fingerprint density at radius 1 is 0.917 bits per heavy atom. The van der Waals surface area contributed by atoms with Crippen molar-refractivity contribution in [2.24, 2.45) is 0 Å². The van der Waals surface area contributed by atoms with Gasteiger partial charge in [-0.25, -0.2) is 18.7 Å². The topological polar surface area (TPSA) is 126 Å². The Hall–Kier alpha value is -3.94. The molecule has 2 aromatic carbocycles. The van der Waals surface area contributed by atoms with Gasteiger partial charge in [-0.3, -0.25) is 9.97 Å². The summed E-state index contributed by atoms with van der Waals surface area (Å²) in [6.45, 7) is 5.62. The average molecular weight is 701 g/mol. The normalized spacial score (nSPS) is 15.3. The fourth-order valence-corrected chi connectivity index (χ4v) is 5.95. The predicted octanol–water partition coefficient (Wildman–Crippen LogP) is 6.05. The third-order valence-corrected chi connectivity index (χ3v) is 8.76. The van der Waals surface area contributed by atoms with E-state index in [1.54, 1.807) is 19.4 Å². The van der Waals surface area contributed by atoms with E-state index >= 15 is 0 Å². The van der Waals surface area contributed by atoms with Crippen molar-refractivity contribution in [3.8, 4) is 45.4 Å². The Morgan fingerprint density at radius 3 is 1.88 bits per heavy atom. The number of allylic oxidation sites excluding steroid dienone is 1. The summed E-state index contributed by atoms with van der Waals surface area (Å²) < 4.78 is 37.6. The number of hydrogen-bond donors (Lipinski definition) is 4. The third-order valence-electron chi connectivity index (χ3n) is 7.95. The van der Waals surface area contributed by atoms with E-state index in [0.717, 1.165) is 25.1 Å². The highest BCUT2D eigenvalue weighted by molar-refractivity contribution is 6.39. The SMILES string of the molecule is C=C1CC[C@@H](CNCc2ncc(-c3cccc(-c4cccc(-c5cnc(CNCC(O)C(C)(F)F)c(OC)n5)c4Cl)c3Cl)nc2OC)N1. The molecule has 1 saturated heterocycles. The van der Waals surface area contributed by atoms with Gasteiger partial charge in [-0.15, -0.1) is 0 Å². The first-order valence-corrected chi connectivity index (χ1v) is 16.0. The molecule has 10 nitrogen and oxygen atoms in total. The van der Waals surface area contributed by atoms with Crippen molar-refractivity contribution in [2.45, 2.75) is 50.9 Å². The second-order valence-corrected chi connectivity index (χ2v) is 12.2. The largest absolute Gasteiger partial charge is 0.480 e. The van der Waals surface area contributed by atoms with Crippen LogP contribution < -0.4 is 25.4 Å². The maximum absolute atomic E-state index is 13.3. The predicted molar refractivity (Wildman–Crippen MR) is 182 cm³/mol. The molecule has 0 aliphatic carbocycles. The van der Waals surface area contributed by atoms with E-state index < -0.39 is 12.0 Å². The molecule has 1 aliphatic rings. The molecule has 0 bridgehead atoms. The number of aliphatic hydroxyl groups excluding tert-OH is 1.